The maximum atomic E-state index is 13.7. The Morgan fingerprint density at radius 1 is 1.11 bits per heavy atom. The molecule has 0 saturated heterocycles. The number of H-pyrrole nitrogens is 1. The van der Waals surface area contributed by atoms with Crippen molar-refractivity contribution < 1.29 is 14.5 Å². The molecule has 0 radical (unpaired) electrons. The van der Waals surface area contributed by atoms with Crippen LogP contribution in [0, 0.1) is 10.1 Å². The van der Waals surface area contributed by atoms with E-state index >= 15 is 0 Å². The zero-order valence-electron chi connectivity index (χ0n) is 18.9. The van der Waals surface area contributed by atoms with Gasteiger partial charge in [-0.3, -0.25) is 19.7 Å². The van der Waals surface area contributed by atoms with Crippen molar-refractivity contribution in [2.75, 3.05) is 18.2 Å². The molecular formula is C25H19N5O5S. The van der Waals surface area contributed by atoms with Crippen LogP contribution >= 0.6 is 11.8 Å². The maximum Gasteiger partial charge on any atom is 0.283 e. The van der Waals surface area contributed by atoms with Crippen molar-refractivity contribution in [3.8, 4) is 11.4 Å². The number of carbonyl (C=O) groups excluding carboxylic acids is 1. The van der Waals surface area contributed by atoms with Crippen LogP contribution < -0.4 is 15.6 Å². The predicted octanol–water partition coefficient (Wildman–Crippen LogP) is 4.51. The molecule has 5 aromatic rings. The monoisotopic (exact) mass is 501 g/mol. The molecule has 2 heterocycles. The van der Waals surface area contributed by atoms with Crippen molar-refractivity contribution in [3.63, 3.8) is 0 Å². The Morgan fingerprint density at radius 2 is 1.83 bits per heavy atom. The Bertz CT molecular complexity index is 1680. The van der Waals surface area contributed by atoms with Crippen LogP contribution in [0.25, 0.3) is 27.6 Å². The number of thioether (sulfide) groups is 1. The van der Waals surface area contributed by atoms with E-state index in [2.05, 4.69) is 10.3 Å². The summed E-state index contributed by atoms with van der Waals surface area (Å²) in [6.07, 6.45) is 0. The molecular weight excluding hydrogens is 482 g/mol. The number of fused-ring (bicyclic) bond motifs is 3. The largest absolute Gasteiger partial charge is 0.495 e. The van der Waals surface area contributed by atoms with Gasteiger partial charge in [0.1, 0.15) is 16.8 Å². The molecule has 10 nitrogen and oxygen atoms in total. The van der Waals surface area contributed by atoms with Gasteiger partial charge in [-0.05, 0) is 30.3 Å². The molecule has 0 aliphatic heterocycles. The number of amides is 1. The van der Waals surface area contributed by atoms with Gasteiger partial charge in [-0.25, -0.2) is 9.55 Å². The van der Waals surface area contributed by atoms with Crippen molar-refractivity contribution in [2.45, 2.75) is 5.16 Å². The quantitative estimate of drug-likeness (QED) is 0.145. The lowest BCUT2D eigenvalue weighted by molar-refractivity contribution is -0.384. The summed E-state index contributed by atoms with van der Waals surface area (Å²) in [4.78, 5) is 44.6. The molecule has 0 fully saturated rings. The van der Waals surface area contributed by atoms with E-state index in [9.17, 15) is 19.7 Å². The van der Waals surface area contributed by atoms with E-state index < -0.39 is 4.92 Å². The number of nitrogens with one attached hydrogen (secondary N) is 2. The van der Waals surface area contributed by atoms with Crippen molar-refractivity contribution in [1.82, 2.24) is 14.5 Å². The van der Waals surface area contributed by atoms with Crippen LogP contribution in [0.4, 0.5) is 11.4 Å². The topological polar surface area (TPSA) is 132 Å². The Morgan fingerprint density at radius 3 is 2.58 bits per heavy atom. The first-order chi connectivity index (χ1) is 17.5. The van der Waals surface area contributed by atoms with Crippen molar-refractivity contribution in [3.05, 3.63) is 93.3 Å². The number of ether oxygens (including phenoxy) is 1. The van der Waals surface area contributed by atoms with E-state index in [-0.39, 0.29) is 22.9 Å². The first kappa shape index (κ1) is 23.1. The number of para-hydroxylation sites is 3. The van der Waals surface area contributed by atoms with Gasteiger partial charge in [0.15, 0.2) is 5.16 Å². The molecule has 0 aliphatic rings. The smallest absolute Gasteiger partial charge is 0.283 e. The van der Waals surface area contributed by atoms with E-state index in [1.165, 1.54) is 35.9 Å². The van der Waals surface area contributed by atoms with E-state index in [1.54, 1.807) is 24.3 Å². The summed E-state index contributed by atoms with van der Waals surface area (Å²) >= 11 is 1.10. The predicted molar refractivity (Wildman–Crippen MR) is 138 cm³/mol. The average Bonchev–Trinajstić information content (AvgIpc) is 3.27. The molecule has 0 atom stereocenters. The van der Waals surface area contributed by atoms with E-state index in [0.717, 1.165) is 22.7 Å². The Hall–Kier alpha value is -4.64. The number of rotatable bonds is 7. The Kier molecular flexibility index (Phi) is 6.13. The van der Waals surface area contributed by atoms with Gasteiger partial charge < -0.3 is 15.0 Å². The van der Waals surface area contributed by atoms with E-state index in [1.807, 2.05) is 24.3 Å². The van der Waals surface area contributed by atoms with Crippen LogP contribution in [0.1, 0.15) is 0 Å². The number of benzene rings is 3. The highest BCUT2D eigenvalue weighted by molar-refractivity contribution is 7.99. The SMILES string of the molecule is COc1ccccc1-n1c(SCC(=O)Nc2ccc([N+](=O)[O-])cc2)nc2c([nH]c3ccccc32)c1=O. The van der Waals surface area contributed by atoms with E-state index in [4.69, 9.17) is 9.72 Å². The third-order valence-corrected chi connectivity index (χ3v) is 6.45. The maximum absolute atomic E-state index is 13.7. The number of nitro groups is 1. The summed E-state index contributed by atoms with van der Waals surface area (Å²) in [7, 11) is 1.52. The number of methoxy groups -OCH3 is 1. The number of carbonyl (C=O) groups is 1. The van der Waals surface area contributed by atoms with Gasteiger partial charge in [0, 0.05) is 28.7 Å². The molecule has 0 spiro atoms. The third kappa shape index (κ3) is 4.27. The molecule has 36 heavy (non-hydrogen) atoms. The third-order valence-electron chi connectivity index (χ3n) is 5.51. The first-order valence-corrected chi connectivity index (χ1v) is 11.8. The molecule has 2 N–H and O–H groups in total. The minimum absolute atomic E-state index is 0.0492. The molecule has 3 aromatic carbocycles. The minimum atomic E-state index is -0.509. The lowest BCUT2D eigenvalue weighted by Crippen LogP contribution is -2.23. The molecule has 2 aromatic heterocycles. The van der Waals surface area contributed by atoms with Crippen LogP contribution in [-0.2, 0) is 4.79 Å². The second-order valence-electron chi connectivity index (χ2n) is 7.74. The lowest BCUT2D eigenvalue weighted by Gasteiger charge is -2.15. The number of aromatic amines is 1. The Balaban J connectivity index is 1.53. The van der Waals surface area contributed by atoms with E-state index in [0.29, 0.717) is 33.3 Å². The average molecular weight is 502 g/mol. The van der Waals surface area contributed by atoms with Crippen LogP contribution in [0.5, 0.6) is 5.75 Å². The number of non-ortho nitro benzene ring substituents is 1. The fourth-order valence-corrected chi connectivity index (χ4v) is 4.66. The highest BCUT2D eigenvalue weighted by Gasteiger charge is 2.20. The summed E-state index contributed by atoms with van der Waals surface area (Å²) in [5.41, 5.74) is 2.17. The fraction of sp³-hybridized carbons (Fsp3) is 0.0800. The second-order valence-corrected chi connectivity index (χ2v) is 8.68. The van der Waals surface area contributed by atoms with Gasteiger partial charge in [-0.1, -0.05) is 42.1 Å². The van der Waals surface area contributed by atoms with Crippen LogP contribution in [0.15, 0.2) is 82.7 Å². The summed E-state index contributed by atoms with van der Waals surface area (Å²) in [6, 6.07) is 20.1. The van der Waals surface area contributed by atoms with Crippen molar-refractivity contribution in [2.24, 2.45) is 0 Å². The molecule has 5 rings (SSSR count). The van der Waals surface area contributed by atoms with Gasteiger partial charge in [0.05, 0.1) is 23.5 Å². The number of aromatic nitrogens is 3. The van der Waals surface area contributed by atoms with Gasteiger partial charge in [0.25, 0.3) is 11.2 Å². The molecule has 0 bridgehead atoms. The zero-order valence-corrected chi connectivity index (χ0v) is 19.7. The number of nitro benzene ring substituents is 1. The Labute approximate surface area is 208 Å². The van der Waals surface area contributed by atoms with Crippen LogP contribution in [-0.4, -0.2) is 38.2 Å². The van der Waals surface area contributed by atoms with Gasteiger partial charge in [-0.15, -0.1) is 0 Å². The number of hydrogen-bond donors (Lipinski definition) is 2. The molecule has 1 amide bonds. The highest BCUT2D eigenvalue weighted by atomic mass is 32.2. The standard InChI is InChI=1S/C25H19N5O5S/c1-35-20-9-5-4-8-19(20)29-24(32)23-22(17-6-2-3-7-18(17)27-23)28-25(29)36-14-21(31)26-15-10-12-16(13-11-15)30(33)34/h2-13,27H,14H2,1H3,(H,26,31). The fourth-order valence-electron chi connectivity index (χ4n) is 3.86. The van der Waals surface area contributed by atoms with Crippen molar-refractivity contribution in [1.29, 1.82) is 0 Å². The number of anilines is 1. The number of nitrogens with zero attached hydrogens (tertiary/aromatic N) is 3. The molecule has 0 saturated carbocycles. The summed E-state index contributed by atoms with van der Waals surface area (Å²) < 4.78 is 6.91. The number of hydrogen-bond acceptors (Lipinski definition) is 7. The molecule has 0 unspecified atom stereocenters. The van der Waals surface area contributed by atoms with Crippen molar-refractivity contribution >= 4 is 51.0 Å². The summed E-state index contributed by atoms with van der Waals surface area (Å²) in [6.45, 7) is 0. The lowest BCUT2D eigenvalue weighted by atomic mass is 10.2. The molecule has 180 valence electrons. The zero-order chi connectivity index (χ0) is 25.2. The van der Waals surface area contributed by atoms with Gasteiger partial charge >= 0.3 is 0 Å². The van der Waals surface area contributed by atoms with Crippen LogP contribution in [0.3, 0.4) is 0 Å². The summed E-state index contributed by atoms with van der Waals surface area (Å²) in [5, 5.41) is 14.7. The second kappa shape index (κ2) is 9.55. The van der Waals surface area contributed by atoms with Crippen LogP contribution in [0.2, 0.25) is 0 Å². The highest BCUT2D eigenvalue weighted by Crippen LogP contribution is 2.29. The molecule has 11 heteroatoms. The normalized spacial score (nSPS) is 11.0. The first-order valence-electron chi connectivity index (χ1n) is 10.8. The summed E-state index contributed by atoms with van der Waals surface area (Å²) in [5.74, 6) is 0.0784. The molecule has 0 aliphatic carbocycles. The van der Waals surface area contributed by atoms with Gasteiger partial charge in [-0.2, -0.15) is 0 Å². The minimum Gasteiger partial charge on any atom is -0.495 e. The van der Waals surface area contributed by atoms with Gasteiger partial charge in [0.2, 0.25) is 5.91 Å².